The Hall–Kier alpha value is -5.12. The molecule has 0 radical (unpaired) electrons. The van der Waals surface area contributed by atoms with Crippen LogP contribution in [-0.4, -0.2) is 28.0 Å². The lowest BCUT2D eigenvalue weighted by Gasteiger charge is -2.13. The minimum absolute atomic E-state index is 0.329. The number of hydrogen-bond acceptors (Lipinski definition) is 8. The van der Waals surface area contributed by atoms with Crippen molar-refractivity contribution in [2.24, 2.45) is 0 Å². The first-order chi connectivity index (χ1) is 18.9. The van der Waals surface area contributed by atoms with E-state index in [0.29, 0.717) is 49.9 Å². The van der Waals surface area contributed by atoms with Crippen LogP contribution in [0.1, 0.15) is 32.7 Å². The zero-order chi connectivity index (χ0) is 27.5. The maximum Gasteiger partial charge on any atom is 0.259 e. The van der Waals surface area contributed by atoms with Crippen LogP contribution in [0.2, 0.25) is 0 Å². The Kier molecular flexibility index (Phi) is 7.00. The van der Waals surface area contributed by atoms with E-state index in [-0.39, 0.29) is 5.91 Å². The third-order valence-electron chi connectivity index (χ3n) is 6.23. The molecule has 0 aliphatic heterocycles. The lowest BCUT2D eigenvalue weighted by Crippen LogP contribution is -2.14. The number of aryl methyl sites for hydroxylation is 2. The second kappa shape index (κ2) is 10.7. The molecule has 1 amide bonds. The van der Waals surface area contributed by atoms with Gasteiger partial charge >= 0.3 is 0 Å². The van der Waals surface area contributed by atoms with Crippen LogP contribution in [0.25, 0.3) is 32.7 Å². The van der Waals surface area contributed by atoms with Crippen LogP contribution in [0.3, 0.4) is 0 Å². The van der Waals surface area contributed by atoms with E-state index in [1.807, 2.05) is 44.2 Å². The van der Waals surface area contributed by atoms with E-state index >= 15 is 0 Å². The maximum atomic E-state index is 13.4. The fourth-order valence-corrected chi connectivity index (χ4v) is 5.18. The number of methoxy groups -OCH3 is 1. The number of pyridine rings is 2. The molecule has 8 nitrogen and oxygen atoms in total. The normalized spacial score (nSPS) is 10.6. The first kappa shape index (κ1) is 25.5. The molecule has 0 aliphatic carbocycles. The van der Waals surface area contributed by atoms with Crippen molar-refractivity contribution in [1.82, 2.24) is 15.0 Å². The number of nitrogens with zero attached hydrogens (tertiary/aromatic N) is 5. The van der Waals surface area contributed by atoms with Gasteiger partial charge in [-0.15, -0.1) is 0 Å². The van der Waals surface area contributed by atoms with Crippen LogP contribution in [-0.2, 0) is 6.42 Å². The van der Waals surface area contributed by atoms with Gasteiger partial charge in [0.25, 0.3) is 5.91 Å². The van der Waals surface area contributed by atoms with Gasteiger partial charge in [-0.1, -0.05) is 29.5 Å². The smallest absolute Gasteiger partial charge is 0.259 e. The molecule has 0 bridgehead atoms. The first-order valence-corrected chi connectivity index (χ1v) is 12.8. The van der Waals surface area contributed by atoms with E-state index in [1.165, 1.54) is 17.5 Å². The van der Waals surface area contributed by atoms with E-state index < -0.39 is 0 Å². The van der Waals surface area contributed by atoms with Gasteiger partial charge < -0.3 is 4.74 Å². The Bertz CT molecular complexity index is 1830. The predicted molar refractivity (Wildman–Crippen MR) is 151 cm³/mol. The Morgan fingerprint density at radius 1 is 1.00 bits per heavy atom. The molecular formula is C30H22N6O2S. The van der Waals surface area contributed by atoms with Crippen LogP contribution >= 0.6 is 11.3 Å². The highest BCUT2D eigenvalue weighted by molar-refractivity contribution is 7.22. The summed E-state index contributed by atoms with van der Waals surface area (Å²) < 4.78 is 5.51. The highest BCUT2D eigenvalue weighted by Crippen LogP contribution is 2.35. The molecule has 3 heterocycles. The molecule has 0 fully saturated rings. The minimum atomic E-state index is -0.384. The highest BCUT2D eigenvalue weighted by atomic mass is 32.1. The molecule has 0 spiro atoms. The number of nitrogens with one attached hydrogen (secondary N) is 1. The van der Waals surface area contributed by atoms with Gasteiger partial charge in [-0.05, 0) is 61.4 Å². The molecule has 0 aliphatic rings. The summed E-state index contributed by atoms with van der Waals surface area (Å²) in [5, 5.41) is 21.7. The SMILES string of the molecule is COc1ccc(C#N)cc1-c1cc(C)ncc1C(=O)Nc1nc2ccc(-c3ccc(CC#N)cc3C)nc2s1. The van der Waals surface area contributed by atoms with Crippen LogP contribution in [0.5, 0.6) is 5.75 Å². The van der Waals surface area contributed by atoms with E-state index in [1.54, 1.807) is 31.4 Å². The summed E-state index contributed by atoms with van der Waals surface area (Å²) in [5.41, 5.74) is 7.16. The topological polar surface area (TPSA) is 125 Å². The van der Waals surface area contributed by atoms with Crippen molar-refractivity contribution < 1.29 is 9.53 Å². The summed E-state index contributed by atoms with van der Waals surface area (Å²) in [5.74, 6) is 0.159. The molecule has 3 aromatic heterocycles. The number of amides is 1. The van der Waals surface area contributed by atoms with Crippen molar-refractivity contribution in [3.63, 3.8) is 0 Å². The number of ether oxygens (including phenoxy) is 1. The van der Waals surface area contributed by atoms with Gasteiger partial charge in [-0.3, -0.25) is 15.1 Å². The van der Waals surface area contributed by atoms with Gasteiger partial charge in [0.05, 0.1) is 42.5 Å². The fourth-order valence-electron chi connectivity index (χ4n) is 4.35. The van der Waals surface area contributed by atoms with E-state index in [4.69, 9.17) is 15.0 Å². The number of benzene rings is 2. The average molecular weight is 531 g/mol. The Labute approximate surface area is 229 Å². The van der Waals surface area contributed by atoms with Gasteiger partial charge in [-0.25, -0.2) is 9.97 Å². The molecule has 2 aromatic carbocycles. The van der Waals surface area contributed by atoms with Crippen molar-refractivity contribution in [3.8, 4) is 40.3 Å². The molecular weight excluding hydrogens is 508 g/mol. The predicted octanol–water partition coefficient (Wildman–Crippen LogP) is 6.24. The zero-order valence-electron chi connectivity index (χ0n) is 21.4. The molecule has 1 N–H and O–H groups in total. The Morgan fingerprint density at radius 2 is 1.85 bits per heavy atom. The molecule has 0 atom stereocenters. The quantitative estimate of drug-likeness (QED) is 0.276. The van der Waals surface area contributed by atoms with Crippen LogP contribution in [0, 0.1) is 36.5 Å². The number of nitriles is 2. The zero-order valence-corrected chi connectivity index (χ0v) is 22.3. The standard InChI is InChI=1S/C30H22N6O2S/c1-17-12-19(10-11-31)4-6-21(17)25-7-8-26-29(34-25)39-30(35-26)36-28(37)24-16-33-18(2)13-22(24)23-14-20(15-32)5-9-27(23)38-3/h4-9,12-14,16H,10H2,1-3H3,(H,35,36,37). The molecule has 0 unspecified atom stereocenters. The number of thiazole rings is 1. The van der Waals surface area contributed by atoms with Crippen LogP contribution in [0.4, 0.5) is 5.13 Å². The highest BCUT2D eigenvalue weighted by Gasteiger charge is 2.19. The monoisotopic (exact) mass is 530 g/mol. The lowest BCUT2D eigenvalue weighted by molar-refractivity contribution is 0.102. The molecule has 9 heteroatoms. The number of carbonyl (C=O) groups is 1. The summed E-state index contributed by atoms with van der Waals surface area (Å²) in [6, 6.07) is 20.9. The minimum Gasteiger partial charge on any atom is -0.496 e. The van der Waals surface area contributed by atoms with Crippen LogP contribution in [0.15, 0.2) is 60.8 Å². The van der Waals surface area contributed by atoms with Gasteiger partial charge in [-0.2, -0.15) is 10.5 Å². The number of hydrogen-bond donors (Lipinski definition) is 1. The van der Waals surface area contributed by atoms with Crippen molar-refractivity contribution >= 4 is 32.7 Å². The van der Waals surface area contributed by atoms with E-state index in [0.717, 1.165) is 28.1 Å². The third kappa shape index (κ3) is 5.17. The second-order valence-corrected chi connectivity index (χ2v) is 9.85. The van der Waals surface area contributed by atoms with Crippen molar-refractivity contribution in [3.05, 3.63) is 88.7 Å². The lowest BCUT2D eigenvalue weighted by atomic mass is 9.97. The number of aromatic nitrogens is 3. The second-order valence-electron chi connectivity index (χ2n) is 8.88. The fraction of sp³-hybridized carbons (Fsp3) is 0.133. The molecule has 0 saturated carbocycles. The summed E-state index contributed by atoms with van der Waals surface area (Å²) >= 11 is 1.28. The van der Waals surface area contributed by atoms with Crippen molar-refractivity contribution in [2.75, 3.05) is 12.4 Å². The van der Waals surface area contributed by atoms with Gasteiger partial charge in [0.2, 0.25) is 0 Å². The van der Waals surface area contributed by atoms with E-state index in [9.17, 15) is 10.1 Å². The Morgan fingerprint density at radius 3 is 2.59 bits per heavy atom. The largest absolute Gasteiger partial charge is 0.496 e. The van der Waals surface area contributed by atoms with Gasteiger partial charge in [0.15, 0.2) is 5.13 Å². The van der Waals surface area contributed by atoms with Gasteiger partial charge in [0.1, 0.15) is 16.1 Å². The number of rotatable bonds is 6. The molecule has 39 heavy (non-hydrogen) atoms. The molecule has 190 valence electrons. The summed E-state index contributed by atoms with van der Waals surface area (Å²) in [7, 11) is 1.54. The Balaban J connectivity index is 1.47. The maximum absolute atomic E-state index is 13.4. The summed E-state index contributed by atoms with van der Waals surface area (Å²) in [6.07, 6.45) is 1.88. The van der Waals surface area contributed by atoms with Crippen LogP contribution < -0.4 is 10.1 Å². The molecule has 5 rings (SSSR count). The third-order valence-corrected chi connectivity index (χ3v) is 7.11. The summed E-state index contributed by atoms with van der Waals surface area (Å²) in [6.45, 7) is 3.83. The van der Waals surface area contributed by atoms with Gasteiger partial charge in [0, 0.05) is 28.6 Å². The number of carbonyl (C=O) groups excluding carboxylic acids is 1. The average Bonchev–Trinajstić information content (AvgIpc) is 3.34. The van der Waals surface area contributed by atoms with E-state index in [2.05, 4.69) is 27.4 Å². The number of fused-ring (bicyclic) bond motifs is 1. The van der Waals surface area contributed by atoms with Crippen molar-refractivity contribution in [1.29, 1.82) is 10.5 Å². The molecule has 5 aromatic rings. The summed E-state index contributed by atoms with van der Waals surface area (Å²) in [4.78, 5) is 27.8. The first-order valence-electron chi connectivity index (χ1n) is 12.0. The molecule has 0 saturated heterocycles. The van der Waals surface area contributed by atoms with Crippen molar-refractivity contribution in [2.45, 2.75) is 20.3 Å². The number of anilines is 1.